The molecule has 2 aliphatic heterocycles. The van der Waals surface area contributed by atoms with E-state index in [0.717, 1.165) is 179 Å². The van der Waals surface area contributed by atoms with Crippen molar-refractivity contribution in [3.05, 3.63) is 467 Å². The summed E-state index contributed by atoms with van der Waals surface area (Å²) in [6, 6.07) is 176. The summed E-state index contributed by atoms with van der Waals surface area (Å²) in [5, 5.41) is 16.6. The van der Waals surface area contributed by atoms with E-state index in [1.807, 2.05) is 0 Å². The van der Waals surface area contributed by atoms with Gasteiger partial charge in [0.05, 0.1) is 33.4 Å². The molecule has 0 bridgehead atoms. The number of fused-ring (bicyclic) bond motifs is 19. The molecule has 0 N–H and O–H groups in total. The zero-order chi connectivity index (χ0) is 85.2. The van der Waals surface area contributed by atoms with Crippen molar-refractivity contribution in [2.24, 2.45) is 0 Å². The molecule has 2 aliphatic rings. The van der Waals surface area contributed by atoms with E-state index >= 15 is 0 Å². The number of rotatable bonds is 12. The predicted octanol–water partition coefficient (Wildman–Crippen LogP) is 31.8. The van der Waals surface area contributed by atoms with Crippen LogP contribution in [0.4, 0.5) is 34.1 Å². The van der Waals surface area contributed by atoms with Crippen molar-refractivity contribution in [3.8, 4) is 100 Å². The van der Waals surface area contributed by atoms with Crippen LogP contribution in [0.25, 0.3) is 209 Å². The molecule has 0 saturated heterocycles. The average molecular weight is 1650 g/mol. The Morgan fingerprint density at radius 1 is 0.185 bits per heavy atom. The van der Waals surface area contributed by atoms with Crippen LogP contribution < -0.4 is 26.2 Å². The molecule has 0 aliphatic carbocycles. The second kappa shape index (κ2) is 29.3. The lowest BCUT2D eigenvalue weighted by molar-refractivity contribution is 0.669. The van der Waals surface area contributed by atoms with Crippen LogP contribution in [0.5, 0.6) is 0 Å². The third kappa shape index (κ3) is 11.4. The number of furan rings is 1. The van der Waals surface area contributed by atoms with Gasteiger partial charge < -0.3 is 23.4 Å². The van der Waals surface area contributed by atoms with E-state index in [-0.39, 0.29) is 0 Å². The minimum absolute atomic E-state index is 0.422. The van der Waals surface area contributed by atoms with Crippen molar-refractivity contribution in [1.29, 1.82) is 0 Å². The van der Waals surface area contributed by atoms with Crippen LogP contribution in [0, 0.1) is 0 Å². The number of aromatic nitrogens is 2. The number of hydrogen-bond donors (Lipinski definition) is 0. The lowest BCUT2D eigenvalue weighted by atomic mass is 9.33. The van der Waals surface area contributed by atoms with E-state index < -0.39 is 6.71 Å². The summed E-state index contributed by atoms with van der Waals surface area (Å²) in [5.41, 5.74) is 36.1. The van der Waals surface area contributed by atoms with Crippen molar-refractivity contribution in [1.82, 2.24) is 9.13 Å². The molecular weight excluding hydrogens is 1570 g/mol. The Labute approximate surface area is 751 Å². The fourth-order valence-electron chi connectivity index (χ4n) is 22.1. The summed E-state index contributed by atoms with van der Waals surface area (Å²) in [6.45, 7) is -0.422. The topological polar surface area (TPSA) is 29.5 Å². The molecule has 0 saturated carbocycles. The minimum atomic E-state index is -0.422. The Balaban J connectivity index is 0.825. The molecule has 6 heteroatoms. The van der Waals surface area contributed by atoms with Crippen LogP contribution in [0.2, 0.25) is 0 Å². The van der Waals surface area contributed by atoms with Gasteiger partial charge in [0.1, 0.15) is 11.2 Å². The molecular formula is C124H77BN4O. The SMILES string of the molecule is c1ccc(-c2cc(-c3ccccc3)c(N3c4ccc(-c5cccc6c5c5ccccc5n6-c5ccccc5)cc4B4c5cc(-c6cccc7c6c6ccccc6n7-c6ccccc6)ccc5N(c5c(-c6ccc7c(ccc8ccccc87)c6)cccc5-c5ccc6c(ccc7ccccc76)c5)c5cc(-c6ccc7oc8ccccc8c7c6)cc3c54)c(-c3ccccc3)c2)cc1. The van der Waals surface area contributed by atoms with Crippen molar-refractivity contribution in [2.45, 2.75) is 0 Å². The summed E-state index contributed by atoms with van der Waals surface area (Å²) in [4.78, 5) is 5.44. The van der Waals surface area contributed by atoms with Crippen molar-refractivity contribution >= 4 is 166 Å². The monoisotopic (exact) mass is 1650 g/mol. The van der Waals surface area contributed by atoms with Gasteiger partial charge in [0.2, 0.25) is 0 Å². The first-order valence-electron chi connectivity index (χ1n) is 45.0. The largest absolute Gasteiger partial charge is 0.456 e. The predicted molar refractivity (Wildman–Crippen MR) is 550 cm³/mol. The maximum Gasteiger partial charge on any atom is 0.252 e. The fraction of sp³-hybridized carbons (Fsp3) is 0. The van der Waals surface area contributed by atoms with Crippen LogP contribution in [0.15, 0.2) is 472 Å². The maximum atomic E-state index is 6.78. The van der Waals surface area contributed by atoms with Gasteiger partial charge in [0.25, 0.3) is 6.71 Å². The first kappa shape index (κ1) is 73.3. The molecule has 25 aromatic rings. The zero-order valence-corrected chi connectivity index (χ0v) is 70.7. The number of benzene rings is 22. The van der Waals surface area contributed by atoms with Crippen LogP contribution in [0.3, 0.4) is 0 Å². The summed E-state index contributed by atoms with van der Waals surface area (Å²) >= 11 is 0. The van der Waals surface area contributed by atoms with Gasteiger partial charge in [-0.2, -0.15) is 0 Å². The molecule has 0 spiro atoms. The molecule has 0 atom stereocenters. The van der Waals surface area contributed by atoms with E-state index in [1.54, 1.807) is 0 Å². The number of anilines is 6. The highest BCUT2D eigenvalue weighted by atomic mass is 16.3. The smallest absolute Gasteiger partial charge is 0.252 e. The van der Waals surface area contributed by atoms with Gasteiger partial charge in [-0.25, -0.2) is 0 Å². The van der Waals surface area contributed by atoms with E-state index in [2.05, 4.69) is 486 Å². The van der Waals surface area contributed by atoms with Gasteiger partial charge in [-0.3, -0.25) is 0 Å². The van der Waals surface area contributed by atoms with E-state index in [0.29, 0.717) is 0 Å². The summed E-state index contributed by atoms with van der Waals surface area (Å²) in [5.74, 6) is 0. The van der Waals surface area contributed by atoms with Gasteiger partial charge in [-0.05, 0) is 242 Å². The van der Waals surface area contributed by atoms with Gasteiger partial charge in [0.15, 0.2) is 0 Å². The van der Waals surface area contributed by atoms with Gasteiger partial charge in [0, 0.05) is 88.7 Å². The highest BCUT2D eigenvalue weighted by Gasteiger charge is 2.46. The molecule has 5 nitrogen and oxygen atoms in total. The van der Waals surface area contributed by atoms with E-state index in [4.69, 9.17) is 4.42 Å². The Morgan fingerprint density at radius 3 is 1.07 bits per heavy atom. The van der Waals surface area contributed by atoms with Crippen LogP contribution >= 0.6 is 0 Å². The fourth-order valence-corrected chi connectivity index (χ4v) is 22.1. The van der Waals surface area contributed by atoms with Gasteiger partial charge in [-0.1, -0.05) is 352 Å². The average Bonchev–Trinajstić information content (AvgIpc) is 0.715. The molecule has 0 amide bonds. The normalized spacial score (nSPS) is 12.4. The van der Waals surface area contributed by atoms with Crippen LogP contribution in [0.1, 0.15) is 0 Å². The van der Waals surface area contributed by atoms with Crippen LogP contribution in [-0.2, 0) is 0 Å². The number of para-hydroxylation sites is 6. The minimum Gasteiger partial charge on any atom is -0.456 e. The number of hydrogen-bond acceptors (Lipinski definition) is 3. The summed E-state index contributed by atoms with van der Waals surface area (Å²) < 4.78 is 11.7. The molecule has 130 heavy (non-hydrogen) atoms. The standard InChI is InChI=1S/C124H77BN4O/c1-6-29-78(30-7-1)90-72-105(79-31-8-2-9-32-79)124(106(73-90)80-33-10-3-11-34-80)129-113-67-62-89(99-47-28-53-115-121(99)104-45-21-24-51-111(104)127(115)93-39-14-5-15-40-93)75-109(113)125-108-74-88(98-46-27-52-114-120(98)103-44-20-23-50-110(103)126(114)92-37-12-4-13-38-92)61-66-112(108)128(116-76-91(77-117(129)122(116)125)83-63-68-119-107(71-83)102-43-22-25-54-118(102)130-119)123-100(86-59-64-96-84(69-86)57-55-81-35-16-18-41-94(81)96)48-26-49-101(123)87-60-65-97-85(70-87)58-56-82-36-17-19-42-95(82)97/h1-77H. The van der Waals surface area contributed by atoms with E-state index in [9.17, 15) is 0 Å². The Morgan fingerprint density at radius 2 is 0.554 bits per heavy atom. The zero-order valence-electron chi connectivity index (χ0n) is 70.7. The summed E-state index contributed by atoms with van der Waals surface area (Å²) in [6.07, 6.45) is 0. The molecule has 3 aromatic heterocycles. The van der Waals surface area contributed by atoms with Gasteiger partial charge in [-0.15, -0.1) is 0 Å². The van der Waals surface area contributed by atoms with Crippen molar-refractivity contribution in [2.75, 3.05) is 9.80 Å². The molecule has 5 heterocycles. The van der Waals surface area contributed by atoms with Crippen LogP contribution in [-0.4, -0.2) is 15.8 Å². The highest BCUT2D eigenvalue weighted by molar-refractivity contribution is 7.00. The quantitative estimate of drug-likeness (QED) is 0.0902. The molecule has 0 radical (unpaired) electrons. The first-order valence-corrected chi connectivity index (χ1v) is 45.0. The Hall–Kier alpha value is -17.1. The molecule has 0 fully saturated rings. The molecule has 602 valence electrons. The highest BCUT2D eigenvalue weighted by Crippen LogP contribution is 2.57. The lowest BCUT2D eigenvalue weighted by Gasteiger charge is -2.46. The first-order chi connectivity index (χ1) is 64.5. The third-order valence-electron chi connectivity index (χ3n) is 27.8. The third-order valence-corrected chi connectivity index (χ3v) is 27.8. The lowest BCUT2D eigenvalue weighted by Crippen LogP contribution is -2.61. The Bertz CT molecular complexity index is 8800. The van der Waals surface area contributed by atoms with E-state index in [1.165, 1.54) is 81.0 Å². The second-order valence-electron chi connectivity index (χ2n) is 34.8. The second-order valence-corrected chi connectivity index (χ2v) is 34.8. The molecule has 0 unspecified atom stereocenters. The Kier molecular flexibility index (Phi) is 16.5. The molecule has 22 aromatic carbocycles. The van der Waals surface area contributed by atoms with Crippen molar-refractivity contribution in [3.63, 3.8) is 0 Å². The van der Waals surface area contributed by atoms with Crippen molar-refractivity contribution < 1.29 is 4.42 Å². The summed E-state index contributed by atoms with van der Waals surface area (Å²) in [7, 11) is 0. The maximum absolute atomic E-state index is 6.78. The van der Waals surface area contributed by atoms with Gasteiger partial charge >= 0.3 is 0 Å². The molecule has 27 rings (SSSR count). The number of nitrogens with zero attached hydrogens (tertiary/aromatic N) is 4.